The van der Waals surface area contributed by atoms with E-state index in [1.54, 1.807) is 11.9 Å². The number of rotatable bonds is 9. The number of H-pyrrole nitrogens is 1. The molecule has 0 radical (unpaired) electrons. The fourth-order valence-corrected chi connectivity index (χ4v) is 5.05. The lowest BCUT2D eigenvalue weighted by Crippen LogP contribution is -2.42. The predicted octanol–water partition coefficient (Wildman–Crippen LogP) is 3.67. The number of aromatic amines is 1. The molecule has 1 aromatic carbocycles. The molecule has 0 bridgehead atoms. The summed E-state index contributed by atoms with van der Waals surface area (Å²) in [7, 11) is 1.71. The number of aryl methyl sites for hydroxylation is 1. The van der Waals surface area contributed by atoms with Gasteiger partial charge in [-0.1, -0.05) is 49.7 Å². The topological polar surface area (TPSA) is 86.4 Å². The summed E-state index contributed by atoms with van der Waals surface area (Å²) >= 11 is 1.50. The van der Waals surface area contributed by atoms with Gasteiger partial charge >= 0.3 is 0 Å². The summed E-state index contributed by atoms with van der Waals surface area (Å²) in [5.41, 5.74) is 1.32. The molecule has 3 aromatic rings. The summed E-state index contributed by atoms with van der Waals surface area (Å²) in [5, 5.41) is 9.19. The van der Waals surface area contributed by atoms with E-state index in [2.05, 4.69) is 17.1 Å². The second kappa shape index (κ2) is 9.70. The maximum Gasteiger partial charge on any atom is 0.241 e. The minimum absolute atomic E-state index is 0.00843. The lowest BCUT2D eigenvalue weighted by atomic mass is 9.75. The van der Waals surface area contributed by atoms with Crippen LogP contribution in [0.5, 0.6) is 0 Å². The van der Waals surface area contributed by atoms with Crippen LogP contribution >= 0.6 is 11.3 Å². The summed E-state index contributed by atoms with van der Waals surface area (Å²) < 4.78 is 0. The molecule has 1 atom stereocenters. The number of thiophene rings is 1. The molecule has 0 saturated carbocycles. The predicted molar refractivity (Wildman–Crippen MR) is 126 cm³/mol. The molecule has 1 aliphatic rings. The molecule has 1 fully saturated rings. The zero-order valence-electron chi connectivity index (χ0n) is 18.9. The number of nitrogens with one attached hydrogen (secondary N) is 1. The van der Waals surface area contributed by atoms with Gasteiger partial charge in [0.25, 0.3) is 0 Å². The van der Waals surface area contributed by atoms with Gasteiger partial charge in [-0.15, -0.1) is 11.3 Å². The highest BCUT2D eigenvalue weighted by Crippen LogP contribution is 2.41. The zero-order valence-corrected chi connectivity index (χ0v) is 19.7. The number of hydrogen-bond acceptors (Lipinski definition) is 5. The van der Waals surface area contributed by atoms with Crippen molar-refractivity contribution in [1.29, 1.82) is 0 Å². The van der Waals surface area contributed by atoms with Gasteiger partial charge in [0.15, 0.2) is 0 Å². The molecule has 0 spiro atoms. The SMILES string of the molecule is CCCc1cc(CN(C)C(=O)CC2(c3ccccc3)CC(=O)N(Cc3cccs3)C2=O)[nH]n1. The molecule has 7 nitrogen and oxygen atoms in total. The fraction of sp³-hybridized carbons (Fsp3) is 0.360. The molecular weight excluding hydrogens is 436 g/mol. The van der Waals surface area contributed by atoms with Crippen LogP contribution in [0.25, 0.3) is 0 Å². The van der Waals surface area contributed by atoms with E-state index in [9.17, 15) is 14.4 Å². The lowest BCUT2D eigenvalue weighted by molar-refractivity contribution is -0.143. The van der Waals surface area contributed by atoms with Gasteiger partial charge in [-0.3, -0.25) is 24.4 Å². The largest absolute Gasteiger partial charge is 0.340 e. The van der Waals surface area contributed by atoms with E-state index in [-0.39, 0.29) is 37.1 Å². The quantitative estimate of drug-likeness (QED) is 0.490. The molecule has 172 valence electrons. The molecule has 1 saturated heterocycles. The first-order chi connectivity index (χ1) is 15.9. The van der Waals surface area contributed by atoms with Crippen molar-refractivity contribution in [2.45, 2.75) is 51.1 Å². The maximum atomic E-state index is 13.7. The highest BCUT2D eigenvalue weighted by molar-refractivity contribution is 7.09. The molecular formula is C25H28N4O3S. The molecule has 3 amide bonds. The van der Waals surface area contributed by atoms with Crippen molar-refractivity contribution in [2.75, 3.05) is 7.05 Å². The lowest BCUT2D eigenvalue weighted by Gasteiger charge is -2.29. The van der Waals surface area contributed by atoms with E-state index < -0.39 is 5.41 Å². The van der Waals surface area contributed by atoms with Crippen molar-refractivity contribution in [1.82, 2.24) is 20.0 Å². The second-order valence-corrected chi connectivity index (χ2v) is 9.58. The molecule has 4 rings (SSSR count). The fourth-order valence-electron chi connectivity index (χ4n) is 4.35. The van der Waals surface area contributed by atoms with E-state index >= 15 is 0 Å². The van der Waals surface area contributed by atoms with Gasteiger partial charge in [0, 0.05) is 24.8 Å². The molecule has 1 unspecified atom stereocenters. The van der Waals surface area contributed by atoms with E-state index in [4.69, 9.17) is 0 Å². The first-order valence-electron chi connectivity index (χ1n) is 11.1. The van der Waals surface area contributed by atoms with Crippen molar-refractivity contribution in [3.8, 4) is 0 Å². The molecule has 1 N–H and O–H groups in total. The molecule has 1 aliphatic heterocycles. The number of benzene rings is 1. The summed E-state index contributed by atoms with van der Waals surface area (Å²) in [4.78, 5) is 43.8. The number of imide groups is 1. The number of amides is 3. The Labute approximate surface area is 197 Å². The Hall–Kier alpha value is -3.26. The van der Waals surface area contributed by atoms with Gasteiger partial charge in [0.2, 0.25) is 17.7 Å². The van der Waals surface area contributed by atoms with Crippen molar-refractivity contribution in [3.63, 3.8) is 0 Å². The Morgan fingerprint density at radius 3 is 2.70 bits per heavy atom. The van der Waals surface area contributed by atoms with Gasteiger partial charge in [-0.25, -0.2) is 0 Å². The van der Waals surface area contributed by atoms with Crippen LogP contribution in [0.3, 0.4) is 0 Å². The number of nitrogens with zero attached hydrogens (tertiary/aromatic N) is 3. The van der Waals surface area contributed by atoms with Crippen molar-refractivity contribution in [3.05, 3.63) is 75.7 Å². The summed E-state index contributed by atoms with van der Waals surface area (Å²) in [5.74, 6) is -0.740. The van der Waals surface area contributed by atoms with Gasteiger partial charge < -0.3 is 4.90 Å². The highest BCUT2D eigenvalue weighted by atomic mass is 32.1. The van der Waals surface area contributed by atoms with Crippen LogP contribution in [-0.2, 0) is 39.3 Å². The number of carbonyl (C=O) groups is 3. The van der Waals surface area contributed by atoms with Gasteiger partial charge in [-0.05, 0) is 29.5 Å². The summed E-state index contributed by atoms with van der Waals surface area (Å²) in [6, 6.07) is 15.0. The standard InChI is InChI=1S/C25H28N4O3S/c1-3-8-19-13-20(27-26-19)16-28(2)22(30)14-25(18-9-5-4-6-10-18)15-23(31)29(24(25)32)17-21-11-7-12-33-21/h4-7,9-13H,3,8,14-17H2,1-2H3,(H,26,27). The third-order valence-electron chi connectivity index (χ3n) is 6.11. The second-order valence-electron chi connectivity index (χ2n) is 8.55. The van der Waals surface area contributed by atoms with Crippen LogP contribution in [0.2, 0.25) is 0 Å². The Bertz CT molecular complexity index is 1130. The van der Waals surface area contributed by atoms with E-state index in [0.717, 1.165) is 29.1 Å². The third kappa shape index (κ3) is 4.75. The van der Waals surface area contributed by atoms with Crippen LogP contribution in [-0.4, -0.2) is 44.8 Å². The maximum absolute atomic E-state index is 13.7. The van der Waals surface area contributed by atoms with Gasteiger partial charge in [0.05, 0.1) is 29.9 Å². The first kappa shape index (κ1) is 22.9. The third-order valence-corrected chi connectivity index (χ3v) is 6.97. The van der Waals surface area contributed by atoms with Crippen LogP contribution < -0.4 is 0 Å². The smallest absolute Gasteiger partial charge is 0.241 e. The van der Waals surface area contributed by atoms with E-state index in [0.29, 0.717) is 12.1 Å². The van der Waals surface area contributed by atoms with E-state index in [1.807, 2.05) is 53.9 Å². The molecule has 0 aliphatic carbocycles. The van der Waals surface area contributed by atoms with E-state index in [1.165, 1.54) is 16.2 Å². The number of hydrogen-bond donors (Lipinski definition) is 1. The van der Waals surface area contributed by atoms with Crippen LogP contribution in [0, 0.1) is 0 Å². The van der Waals surface area contributed by atoms with Crippen LogP contribution in [0.15, 0.2) is 53.9 Å². The van der Waals surface area contributed by atoms with Crippen molar-refractivity contribution < 1.29 is 14.4 Å². The van der Waals surface area contributed by atoms with Crippen LogP contribution in [0.4, 0.5) is 0 Å². The molecule has 8 heteroatoms. The number of aromatic nitrogens is 2. The molecule has 3 heterocycles. The average molecular weight is 465 g/mol. The Kier molecular flexibility index (Phi) is 6.74. The minimum Gasteiger partial charge on any atom is -0.340 e. The number of likely N-dealkylation sites (tertiary alicyclic amines) is 1. The molecule has 33 heavy (non-hydrogen) atoms. The van der Waals surface area contributed by atoms with Crippen molar-refractivity contribution >= 4 is 29.1 Å². The Balaban J connectivity index is 1.56. The zero-order chi connectivity index (χ0) is 23.4. The summed E-state index contributed by atoms with van der Waals surface area (Å²) in [6.45, 7) is 2.69. The minimum atomic E-state index is -1.19. The summed E-state index contributed by atoms with van der Waals surface area (Å²) in [6.07, 6.45) is 1.80. The molecule has 2 aromatic heterocycles. The monoisotopic (exact) mass is 464 g/mol. The Morgan fingerprint density at radius 2 is 2.00 bits per heavy atom. The first-order valence-corrected chi connectivity index (χ1v) is 12.0. The highest BCUT2D eigenvalue weighted by Gasteiger charge is 2.53. The average Bonchev–Trinajstić information content (AvgIpc) is 3.53. The van der Waals surface area contributed by atoms with Crippen LogP contribution in [0.1, 0.15) is 48.0 Å². The van der Waals surface area contributed by atoms with Gasteiger partial charge in [-0.2, -0.15) is 5.10 Å². The normalized spacial score (nSPS) is 18.2. The van der Waals surface area contributed by atoms with Crippen molar-refractivity contribution in [2.24, 2.45) is 0 Å². The Morgan fingerprint density at radius 1 is 1.21 bits per heavy atom. The number of carbonyl (C=O) groups excluding carboxylic acids is 3. The van der Waals surface area contributed by atoms with Gasteiger partial charge in [0.1, 0.15) is 0 Å².